The van der Waals surface area contributed by atoms with Crippen molar-refractivity contribution in [2.75, 3.05) is 12.4 Å². The lowest BCUT2D eigenvalue weighted by atomic mass is 10.3. The summed E-state index contributed by atoms with van der Waals surface area (Å²) in [6.45, 7) is 4.03. The lowest BCUT2D eigenvalue weighted by Crippen LogP contribution is -2.15. The molecule has 0 amide bonds. The maximum atomic E-state index is 11.8. The zero-order valence-corrected chi connectivity index (χ0v) is 13.4. The first-order valence-corrected chi connectivity index (χ1v) is 8.52. The summed E-state index contributed by atoms with van der Waals surface area (Å²) in [5, 5.41) is 0.831. The fraction of sp³-hybridized carbons (Fsp3) is 0.333. The van der Waals surface area contributed by atoms with E-state index in [9.17, 15) is 4.79 Å². The van der Waals surface area contributed by atoms with Crippen LogP contribution in [0, 0.1) is 6.92 Å². The van der Waals surface area contributed by atoms with Crippen LogP contribution in [-0.4, -0.2) is 23.3 Å². The molecule has 21 heavy (non-hydrogen) atoms. The van der Waals surface area contributed by atoms with Crippen molar-refractivity contribution in [1.29, 1.82) is 0 Å². The molecule has 0 saturated carbocycles. The molecule has 6 heteroatoms. The van der Waals surface area contributed by atoms with Crippen molar-refractivity contribution in [3.8, 4) is 5.75 Å². The molecule has 0 aliphatic carbocycles. The first-order valence-electron chi connectivity index (χ1n) is 6.72. The van der Waals surface area contributed by atoms with Gasteiger partial charge in [0.25, 0.3) is 0 Å². The van der Waals surface area contributed by atoms with Gasteiger partial charge >= 0.3 is 5.97 Å². The van der Waals surface area contributed by atoms with Crippen molar-refractivity contribution in [3.63, 3.8) is 0 Å². The molecule has 2 heterocycles. The lowest BCUT2D eigenvalue weighted by Gasteiger charge is -2.23. The molecule has 1 aliphatic heterocycles. The highest BCUT2D eigenvalue weighted by Gasteiger charge is 2.27. The normalized spacial score (nSPS) is 17.0. The van der Waals surface area contributed by atoms with E-state index in [2.05, 4.69) is 4.98 Å². The Morgan fingerprint density at radius 3 is 3.10 bits per heavy atom. The van der Waals surface area contributed by atoms with Crippen molar-refractivity contribution in [2.24, 2.45) is 0 Å². The minimum Gasteiger partial charge on any atom is -0.481 e. The zero-order valence-electron chi connectivity index (χ0n) is 11.8. The van der Waals surface area contributed by atoms with Gasteiger partial charge in [-0.3, -0.25) is 0 Å². The number of aryl methyl sites for hydroxylation is 1. The number of carbonyl (C=O) groups excluding carboxylic acids is 1. The Kier molecular flexibility index (Phi) is 4.17. The molecule has 0 radical (unpaired) electrons. The Morgan fingerprint density at radius 2 is 2.29 bits per heavy atom. The third-order valence-corrected chi connectivity index (χ3v) is 5.25. The minimum atomic E-state index is -0.360. The van der Waals surface area contributed by atoms with E-state index in [0.29, 0.717) is 12.3 Å². The van der Waals surface area contributed by atoms with Crippen LogP contribution in [0.3, 0.4) is 0 Å². The van der Waals surface area contributed by atoms with Crippen LogP contribution in [0.5, 0.6) is 5.75 Å². The molecule has 0 bridgehead atoms. The molecule has 1 aromatic heterocycles. The maximum absolute atomic E-state index is 11.8. The van der Waals surface area contributed by atoms with Gasteiger partial charge in [-0.05, 0) is 26.0 Å². The summed E-state index contributed by atoms with van der Waals surface area (Å²) >= 11 is 3.25. The van der Waals surface area contributed by atoms with Crippen molar-refractivity contribution in [1.82, 2.24) is 4.98 Å². The van der Waals surface area contributed by atoms with Crippen LogP contribution < -0.4 is 4.74 Å². The highest BCUT2D eigenvalue weighted by Crippen LogP contribution is 2.41. The topological polar surface area (TPSA) is 48.4 Å². The number of thiazole rings is 1. The molecule has 0 fully saturated rings. The molecular formula is C15H15NO3S2. The second-order valence-electron chi connectivity index (χ2n) is 4.54. The summed E-state index contributed by atoms with van der Waals surface area (Å²) in [4.78, 5) is 18.3. The Hall–Kier alpha value is -1.53. The highest BCUT2D eigenvalue weighted by molar-refractivity contribution is 7.99. The predicted octanol–water partition coefficient (Wildman–Crippen LogP) is 3.85. The average molecular weight is 321 g/mol. The molecule has 1 unspecified atom stereocenters. The van der Waals surface area contributed by atoms with Gasteiger partial charge in [-0.1, -0.05) is 12.1 Å². The number of para-hydroxylation sites is 1. The number of hydrogen-bond donors (Lipinski definition) is 0. The molecule has 3 rings (SSSR count). The van der Waals surface area contributed by atoms with E-state index < -0.39 is 0 Å². The van der Waals surface area contributed by atoms with Crippen LogP contribution in [0.4, 0.5) is 0 Å². The Labute approximate surface area is 131 Å². The summed E-state index contributed by atoms with van der Waals surface area (Å²) in [7, 11) is 0. The number of esters is 1. The van der Waals surface area contributed by atoms with Crippen LogP contribution in [0.15, 0.2) is 29.2 Å². The summed E-state index contributed by atoms with van der Waals surface area (Å²) in [6.07, 6.45) is -0.114. The smallest absolute Gasteiger partial charge is 0.358 e. The van der Waals surface area contributed by atoms with Gasteiger partial charge in [-0.25, -0.2) is 9.78 Å². The van der Waals surface area contributed by atoms with Gasteiger partial charge in [-0.2, -0.15) is 0 Å². The number of nitrogens with zero attached hydrogens (tertiary/aromatic N) is 1. The largest absolute Gasteiger partial charge is 0.481 e. The van der Waals surface area contributed by atoms with Crippen LogP contribution in [-0.2, 0) is 4.74 Å². The first kappa shape index (κ1) is 14.4. The zero-order chi connectivity index (χ0) is 14.8. The maximum Gasteiger partial charge on any atom is 0.358 e. The predicted molar refractivity (Wildman–Crippen MR) is 83.3 cm³/mol. The van der Waals surface area contributed by atoms with Crippen molar-refractivity contribution >= 4 is 29.1 Å². The summed E-state index contributed by atoms with van der Waals surface area (Å²) in [5.41, 5.74) is 0.407. The molecule has 4 nitrogen and oxygen atoms in total. The van der Waals surface area contributed by atoms with Crippen molar-refractivity contribution < 1.29 is 14.3 Å². The number of thioether (sulfide) groups is 1. The first-order chi connectivity index (χ1) is 10.2. The molecule has 1 aliphatic rings. The van der Waals surface area contributed by atoms with Crippen LogP contribution in [0.2, 0.25) is 0 Å². The Morgan fingerprint density at radius 1 is 1.48 bits per heavy atom. The van der Waals surface area contributed by atoms with Crippen LogP contribution in [0.1, 0.15) is 33.4 Å². The number of fused-ring (bicyclic) bond motifs is 1. The Balaban J connectivity index is 1.83. The second-order valence-corrected chi connectivity index (χ2v) is 6.84. The number of aromatic nitrogens is 1. The van der Waals surface area contributed by atoms with Crippen molar-refractivity contribution in [2.45, 2.75) is 24.8 Å². The van der Waals surface area contributed by atoms with E-state index in [1.165, 1.54) is 11.3 Å². The third kappa shape index (κ3) is 2.91. The number of benzene rings is 1. The second kappa shape index (κ2) is 6.07. The number of carbonyl (C=O) groups is 1. The van der Waals surface area contributed by atoms with Gasteiger partial charge in [0.15, 0.2) is 11.8 Å². The molecule has 0 saturated heterocycles. The number of ether oxygens (including phenoxy) is 2. The highest BCUT2D eigenvalue weighted by atomic mass is 32.2. The van der Waals surface area contributed by atoms with Gasteiger partial charge in [0.2, 0.25) is 0 Å². The van der Waals surface area contributed by atoms with Gasteiger partial charge in [-0.15, -0.1) is 23.1 Å². The minimum absolute atomic E-state index is 0.114. The summed E-state index contributed by atoms with van der Waals surface area (Å²) in [5.74, 6) is 1.32. The van der Waals surface area contributed by atoms with E-state index in [-0.39, 0.29) is 12.1 Å². The van der Waals surface area contributed by atoms with Gasteiger partial charge in [0.1, 0.15) is 10.8 Å². The van der Waals surface area contributed by atoms with Gasteiger partial charge < -0.3 is 9.47 Å². The third-order valence-electron chi connectivity index (χ3n) is 3.07. The number of hydrogen-bond acceptors (Lipinski definition) is 6. The number of rotatable bonds is 3. The standard InChI is InChI=1S/C15H15NO3S2/c1-3-18-15(17)13-9(2)21-14(16-13)11-8-20-12-7-5-4-6-10(12)19-11/h4-7,11H,3,8H2,1-2H3. The van der Waals surface area contributed by atoms with Crippen molar-refractivity contribution in [3.05, 3.63) is 39.8 Å². The summed E-state index contributed by atoms with van der Waals surface area (Å²) in [6, 6.07) is 7.97. The summed E-state index contributed by atoms with van der Waals surface area (Å²) < 4.78 is 11.0. The van der Waals surface area contributed by atoms with Crippen LogP contribution in [0.25, 0.3) is 0 Å². The molecular weight excluding hydrogens is 306 g/mol. The molecule has 1 atom stereocenters. The average Bonchev–Trinajstić information content (AvgIpc) is 2.89. The van der Waals surface area contributed by atoms with E-state index in [0.717, 1.165) is 26.3 Å². The van der Waals surface area contributed by atoms with Crippen LogP contribution >= 0.6 is 23.1 Å². The quantitative estimate of drug-likeness (QED) is 0.804. The lowest BCUT2D eigenvalue weighted by molar-refractivity contribution is 0.0519. The fourth-order valence-corrected chi connectivity index (χ4v) is 4.12. The monoisotopic (exact) mass is 321 g/mol. The Bertz CT molecular complexity index is 669. The van der Waals surface area contributed by atoms with Gasteiger partial charge in [0, 0.05) is 15.5 Å². The molecule has 1 aromatic carbocycles. The molecule has 2 aromatic rings. The molecule has 0 N–H and O–H groups in total. The van der Waals surface area contributed by atoms with Gasteiger partial charge in [0.05, 0.1) is 6.61 Å². The van der Waals surface area contributed by atoms with E-state index in [4.69, 9.17) is 9.47 Å². The fourth-order valence-electron chi connectivity index (χ4n) is 2.08. The van der Waals surface area contributed by atoms with E-state index in [1.54, 1.807) is 18.7 Å². The SMILES string of the molecule is CCOC(=O)c1nc(C2CSc3ccccc3O2)sc1C. The molecule has 110 valence electrons. The molecule has 0 spiro atoms. The van der Waals surface area contributed by atoms with E-state index in [1.807, 2.05) is 31.2 Å². The van der Waals surface area contributed by atoms with E-state index >= 15 is 0 Å².